The molecular formula is C23H22N2O7S2. The zero-order valence-corrected chi connectivity index (χ0v) is 19.7. The predicted octanol–water partition coefficient (Wildman–Crippen LogP) is 2.55. The first-order chi connectivity index (χ1) is 16.0. The van der Waals surface area contributed by atoms with Crippen LogP contribution in [0.25, 0.3) is 0 Å². The molecule has 0 amide bonds. The highest BCUT2D eigenvalue weighted by Gasteiger charge is 2.43. The lowest BCUT2D eigenvalue weighted by molar-refractivity contribution is -0.141. The molecule has 34 heavy (non-hydrogen) atoms. The standard InChI is InChI=1S/C23H22N2O7S2/c1-16-6-10-19(11-7-16)34(31,32)25-15-22(23(27)28)24(14-17-4-2-3-5-21(17)25)33(29,30)20-12-8-18(26)9-13-20/h2-13,22,26H,14-15H2,1H3,(H,27,28). The summed E-state index contributed by atoms with van der Waals surface area (Å²) in [6.07, 6.45) is 0. The van der Waals surface area contributed by atoms with Crippen molar-refractivity contribution in [3.63, 3.8) is 0 Å². The molecule has 11 heteroatoms. The summed E-state index contributed by atoms with van der Waals surface area (Å²) in [6.45, 7) is 0.834. The van der Waals surface area contributed by atoms with E-state index in [9.17, 15) is 31.8 Å². The summed E-state index contributed by atoms with van der Waals surface area (Å²) in [5.41, 5.74) is 1.40. The second-order valence-electron chi connectivity index (χ2n) is 7.88. The number of carboxylic acids is 1. The Hall–Kier alpha value is -3.41. The number of rotatable bonds is 5. The van der Waals surface area contributed by atoms with E-state index in [2.05, 4.69) is 0 Å². The first kappa shape index (κ1) is 23.7. The van der Waals surface area contributed by atoms with Gasteiger partial charge in [0.25, 0.3) is 10.0 Å². The highest BCUT2D eigenvalue weighted by molar-refractivity contribution is 7.93. The van der Waals surface area contributed by atoms with Crippen LogP contribution in [0.5, 0.6) is 5.75 Å². The van der Waals surface area contributed by atoms with Crippen molar-refractivity contribution in [2.45, 2.75) is 29.3 Å². The highest BCUT2D eigenvalue weighted by atomic mass is 32.2. The van der Waals surface area contributed by atoms with Gasteiger partial charge in [-0.2, -0.15) is 4.31 Å². The average molecular weight is 503 g/mol. The maximum Gasteiger partial charge on any atom is 0.323 e. The third kappa shape index (κ3) is 4.25. The first-order valence-corrected chi connectivity index (χ1v) is 13.1. The van der Waals surface area contributed by atoms with Gasteiger partial charge in [-0.25, -0.2) is 16.8 Å². The molecule has 3 aromatic carbocycles. The second-order valence-corrected chi connectivity index (χ2v) is 11.6. The van der Waals surface area contributed by atoms with E-state index < -0.39 is 38.6 Å². The van der Waals surface area contributed by atoms with Crippen molar-refractivity contribution >= 4 is 31.7 Å². The summed E-state index contributed by atoms with van der Waals surface area (Å²) in [5.74, 6) is -1.63. The lowest BCUT2D eigenvalue weighted by atomic mass is 10.2. The number of aryl methyl sites for hydroxylation is 1. The van der Waals surface area contributed by atoms with Crippen LogP contribution >= 0.6 is 0 Å². The molecule has 0 radical (unpaired) electrons. The quantitative estimate of drug-likeness (QED) is 0.548. The van der Waals surface area contributed by atoms with E-state index in [0.29, 0.717) is 5.56 Å². The van der Waals surface area contributed by atoms with E-state index in [1.807, 2.05) is 6.92 Å². The Morgan fingerprint density at radius 2 is 1.41 bits per heavy atom. The number of aromatic hydroxyl groups is 1. The topological polar surface area (TPSA) is 132 Å². The smallest absolute Gasteiger partial charge is 0.323 e. The summed E-state index contributed by atoms with van der Waals surface area (Å²) >= 11 is 0. The lowest BCUT2D eigenvalue weighted by Crippen LogP contribution is -2.50. The number of phenolic OH excluding ortho intramolecular Hbond substituents is 1. The van der Waals surface area contributed by atoms with Gasteiger partial charge in [0.05, 0.1) is 22.0 Å². The van der Waals surface area contributed by atoms with Crippen LogP contribution in [0, 0.1) is 6.92 Å². The van der Waals surface area contributed by atoms with Crippen LogP contribution in [0.4, 0.5) is 5.69 Å². The number of hydrogen-bond acceptors (Lipinski definition) is 6. The molecular weight excluding hydrogens is 480 g/mol. The van der Waals surface area contributed by atoms with Crippen molar-refractivity contribution in [1.82, 2.24) is 4.31 Å². The predicted molar refractivity (Wildman–Crippen MR) is 124 cm³/mol. The SMILES string of the molecule is Cc1ccc(S(=O)(=O)N2CC(C(=O)O)N(S(=O)(=O)c3ccc(O)cc3)Cc3ccccc32)cc1. The van der Waals surface area contributed by atoms with Crippen LogP contribution in [0.15, 0.2) is 82.6 Å². The lowest BCUT2D eigenvalue weighted by Gasteiger charge is -2.29. The normalized spacial score (nSPS) is 17.1. The summed E-state index contributed by atoms with van der Waals surface area (Å²) in [6, 6.07) is 15.4. The van der Waals surface area contributed by atoms with E-state index in [-0.39, 0.29) is 27.8 Å². The Morgan fingerprint density at radius 3 is 2.03 bits per heavy atom. The Balaban J connectivity index is 1.87. The number of anilines is 1. The van der Waals surface area contributed by atoms with Gasteiger partial charge in [-0.1, -0.05) is 35.9 Å². The van der Waals surface area contributed by atoms with Crippen molar-refractivity contribution in [2.24, 2.45) is 0 Å². The fourth-order valence-corrected chi connectivity index (χ4v) is 6.85. The Morgan fingerprint density at radius 1 is 0.853 bits per heavy atom. The second kappa shape index (κ2) is 8.75. The number of fused-ring (bicyclic) bond motifs is 1. The van der Waals surface area contributed by atoms with Gasteiger partial charge in [-0.3, -0.25) is 9.10 Å². The van der Waals surface area contributed by atoms with Gasteiger partial charge in [-0.05, 0) is 55.0 Å². The van der Waals surface area contributed by atoms with E-state index in [0.717, 1.165) is 14.2 Å². The van der Waals surface area contributed by atoms with Gasteiger partial charge >= 0.3 is 5.97 Å². The molecule has 0 aromatic heterocycles. The number of para-hydroxylation sites is 1. The van der Waals surface area contributed by atoms with E-state index >= 15 is 0 Å². The number of benzene rings is 3. The molecule has 3 aromatic rings. The minimum absolute atomic E-state index is 0.0353. The summed E-state index contributed by atoms with van der Waals surface area (Å²) in [5, 5.41) is 19.5. The molecule has 0 spiro atoms. The van der Waals surface area contributed by atoms with Crippen molar-refractivity contribution in [3.05, 3.63) is 83.9 Å². The monoisotopic (exact) mass is 502 g/mol. The summed E-state index contributed by atoms with van der Waals surface area (Å²) in [4.78, 5) is 12.0. The molecule has 1 heterocycles. The van der Waals surface area contributed by atoms with Crippen LogP contribution in [-0.2, 0) is 31.4 Å². The van der Waals surface area contributed by atoms with Crippen molar-refractivity contribution in [2.75, 3.05) is 10.8 Å². The molecule has 0 aliphatic carbocycles. The minimum Gasteiger partial charge on any atom is -0.508 e. The zero-order chi connectivity index (χ0) is 24.7. The molecule has 1 aliphatic rings. The number of carbonyl (C=O) groups is 1. The number of hydrogen-bond donors (Lipinski definition) is 2. The largest absolute Gasteiger partial charge is 0.508 e. The summed E-state index contributed by atoms with van der Waals surface area (Å²) in [7, 11) is -8.56. The van der Waals surface area contributed by atoms with E-state index in [1.54, 1.807) is 30.3 Å². The van der Waals surface area contributed by atoms with Gasteiger partial charge in [0.2, 0.25) is 10.0 Å². The third-order valence-electron chi connectivity index (χ3n) is 5.61. The van der Waals surface area contributed by atoms with Crippen LogP contribution in [0.2, 0.25) is 0 Å². The number of aliphatic carboxylic acids is 1. The fraction of sp³-hybridized carbons (Fsp3) is 0.174. The molecule has 2 N–H and O–H groups in total. The number of phenols is 1. The number of sulfonamides is 2. The molecule has 0 saturated carbocycles. The van der Waals surface area contributed by atoms with Gasteiger partial charge < -0.3 is 10.2 Å². The molecule has 1 aliphatic heterocycles. The molecule has 9 nitrogen and oxygen atoms in total. The van der Waals surface area contributed by atoms with Crippen molar-refractivity contribution in [1.29, 1.82) is 0 Å². The molecule has 0 saturated heterocycles. The van der Waals surface area contributed by atoms with Crippen LogP contribution in [0.3, 0.4) is 0 Å². The average Bonchev–Trinajstić information content (AvgIpc) is 2.98. The highest BCUT2D eigenvalue weighted by Crippen LogP contribution is 2.34. The molecule has 1 unspecified atom stereocenters. The Labute approximate surface area is 197 Å². The maximum atomic E-state index is 13.6. The Kier molecular flexibility index (Phi) is 6.11. The van der Waals surface area contributed by atoms with Crippen LogP contribution < -0.4 is 4.31 Å². The maximum absolute atomic E-state index is 13.6. The van der Waals surface area contributed by atoms with Crippen LogP contribution in [-0.4, -0.2) is 49.9 Å². The zero-order valence-electron chi connectivity index (χ0n) is 18.1. The number of carboxylic acid groups (broad SMARTS) is 1. The van der Waals surface area contributed by atoms with E-state index in [4.69, 9.17) is 0 Å². The van der Waals surface area contributed by atoms with Gasteiger partial charge in [0, 0.05) is 6.54 Å². The first-order valence-electron chi connectivity index (χ1n) is 10.2. The molecule has 1 atom stereocenters. The van der Waals surface area contributed by atoms with Gasteiger partial charge in [0.1, 0.15) is 11.8 Å². The fourth-order valence-electron chi connectivity index (χ4n) is 3.78. The molecule has 178 valence electrons. The van der Waals surface area contributed by atoms with Gasteiger partial charge in [0.15, 0.2) is 0 Å². The molecule has 0 bridgehead atoms. The third-order valence-corrected chi connectivity index (χ3v) is 9.27. The van der Waals surface area contributed by atoms with Crippen molar-refractivity contribution in [3.8, 4) is 5.75 Å². The minimum atomic E-state index is -4.36. The molecule has 0 fully saturated rings. The van der Waals surface area contributed by atoms with Gasteiger partial charge in [-0.15, -0.1) is 0 Å². The summed E-state index contributed by atoms with van der Waals surface area (Å²) < 4.78 is 55.8. The van der Waals surface area contributed by atoms with Crippen LogP contribution in [0.1, 0.15) is 11.1 Å². The van der Waals surface area contributed by atoms with Crippen molar-refractivity contribution < 1.29 is 31.8 Å². The molecule has 4 rings (SSSR count). The number of nitrogens with zero attached hydrogens (tertiary/aromatic N) is 2. The Bertz CT molecular complexity index is 1440. The van der Waals surface area contributed by atoms with E-state index in [1.165, 1.54) is 42.5 Å².